The van der Waals surface area contributed by atoms with Gasteiger partial charge in [0, 0.05) is 26.3 Å². The number of ether oxygens (including phenoxy) is 1. The Hall–Kier alpha value is -1.28. The third-order valence-electron chi connectivity index (χ3n) is 4.31. The van der Waals surface area contributed by atoms with E-state index in [1.807, 2.05) is 6.92 Å². The first-order valence-electron chi connectivity index (χ1n) is 8.73. The van der Waals surface area contributed by atoms with Crippen molar-refractivity contribution >= 4 is 17.7 Å². The van der Waals surface area contributed by atoms with Crippen LogP contribution in [0.25, 0.3) is 0 Å². The van der Waals surface area contributed by atoms with Crippen molar-refractivity contribution in [2.75, 3.05) is 13.7 Å². The van der Waals surface area contributed by atoms with E-state index in [0.29, 0.717) is 18.3 Å². The third kappa shape index (κ3) is 5.66. The zero-order valence-electron chi connectivity index (χ0n) is 14.5. The molecular weight excluding hydrogens is 328 g/mol. The van der Waals surface area contributed by atoms with Gasteiger partial charge in [-0.1, -0.05) is 37.4 Å². The average Bonchev–Trinajstić information content (AvgIpc) is 2.77. The molecule has 8 heteroatoms. The molecule has 2 N–H and O–H groups in total. The number of rotatable bonds is 8. The number of aromatic amines is 1. The molecule has 1 aliphatic carbocycles. The first-order chi connectivity index (χ1) is 11.6. The highest BCUT2D eigenvalue weighted by Gasteiger charge is 2.22. The molecule has 0 aromatic carbocycles. The summed E-state index contributed by atoms with van der Waals surface area (Å²) < 4.78 is 6.59. The van der Waals surface area contributed by atoms with Gasteiger partial charge in [-0.3, -0.25) is 9.36 Å². The van der Waals surface area contributed by atoms with Crippen molar-refractivity contribution in [2.24, 2.45) is 0 Å². The Morgan fingerprint density at radius 1 is 1.42 bits per heavy atom. The fourth-order valence-corrected chi connectivity index (χ4v) is 3.80. The highest BCUT2D eigenvalue weighted by atomic mass is 32.2. The van der Waals surface area contributed by atoms with E-state index in [1.165, 1.54) is 37.4 Å². The number of methoxy groups -OCH3 is 1. The number of hydrogen-bond acceptors (Lipinski definition) is 5. The standard InChI is InChI=1S/C16H28N4O3S/c1-12(14(21)17-13-8-5-3-4-6-9-13)24-16-19-18-15(22)20(16)10-7-11-23-2/h12-13H,3-11H2,1-2H3,(H,17,21)(H,18,22)/t12-/m1/s1. The molecule has 0 aliphatic heterocycles. The fraction of sp³-hybridized carbons (Fsp3) is 0.812. The van der Waals surface area contributed by atoms with Gasteiger partial charge < -0.3 is 10.1 Å². The summed E-state index contributed by atoms with van der Waals surface area (Å²) in [7, 11) is 1.63. The number of aromatic nitrogens is 3. The maximum absolute atomic E-state index is 12.4. The van der Waals surface area contributed by atoms with E-state index < -0.39 is 0 Å². The van der Waals surface area contributed by atoms with Gasteiger partial charge in [-0.2, -0.15) is 0 Å². The summed E-state index contributed by atoms with van der Waals surface area (Å²) in [5.74, 6) is 0.0193. The lowest BCUT2D eigenvalue weighted by atomic mass is 10.1. The zero-order chi connectivity index (χ0) is 17.4. The molecule has 1 aliphatic rings. The molecule has 7 nitrogen and oxygen atoms in total. The number of thioether (sulfide) groups is 1. The van der Waals surface area contributed by atoms with Crippen LogP contribution in [0.5, 0.6) is 0 Å². The number of hydrogen-bond donors (Lipinski definition) is 2. The summed E-state index contributed by atoms with van der Waals surface area (Å²) in [6.07, 6.45) is 7.75. The van der Waals surface area contributed by atoms with Crippen molar-refractivity contribution in [3.8, 4) is 0 Å². The van der Waals surface area contributed by atoms with Crippen LogP contribution in [0.15, 0.2) is 9.95 Å². The second-order valence-electron chi connectivity index (χ2n) is 6.27. The van der Waals surface area contributed by atoms with Gasteiger partial charge in [0.05, 0.1) is 5.25 Å². The maximum atomic E-state index is 12.4. The Morgan fingerprint density at radius 3 is 2.79 bits per heavy atom. The summed E-state index contributed by atoms with van der Waals surface area (Å²) in [6, 6.07) is 0.283. The normalized spacial score (nSPS) is 17.4. The van der Waals surface area contributed by atoms with E-state index in [1.54, 1.807) is 11.7 Å². The van der Waals surface area contributed by atoms with Crippen molar-refractivity contribution in [1.82, 2.24) is 20.1 Å². The average molecular weight is 356 g/mol. The van der Waals surface area contributed by atoms with E-state index in [0.717, 1.165) is 19.3 Å². The predicted molar refractivity (Wildman–Crippen MR) is 94.3 cm³/mol. The molecular formula is C16H28N4O3S. The predicted octanol–water partition coefficient (Wildman–Crippen LogP) is 1.93. The molecule has 1 amide bonds. The van der Waals surface area contributed by atoms with Gasteiger partial charge in [0.25, 0.3) is 0 Å². The first kappa shape index (κ1) is 19.1. The Morgan fingerprint density at radius 2 is 2.12 bits per heavy atom. The Kier molecular flexibility index (Phi) is 7.84. The molecule has 24 heavy (non-hydrogen) atoms. The van der Waals surface area contributed by atoms with Crippen molar-refractivity contribution < 1.29 is 9.53 Å². The van der Waals surface area contributed by atoms with Gasteiger partial charge in [-0.15, -0.1) is 5.10 Å². The van der Waals surface area contributed by atoms with Gasteiger partial charge in [0.15, 0.2) is 5.16 Å². The van der Waals surface area contributed by atoms with Crippen LogP contribution in [-0.4, -0.2) is 45.7 Å². The Balaban J connectivity index is 1.89. The van der Waals surface area contributed by atoms with Crippen molar-refractivity contribution in [2.45, 2.75) is 74.9 Å². The van der Waals surface area contributed by atoms with Crippen LogP contribution in [0.3, 0.4) is 0 Å². The van der Waals surface area contributed by atoms with Crippen LogP contribution in [0, 0.1) is 0 Å². The van der Waals surface area contributed by atoms with Crippen molar-refractivity contribution in [3.05, 3.63) is 10.5 Å². The molecule has 0 saturated heterocycles. The lowest BCUT2D eigenvalue weighted by molar-refractivity contribution is -0.121. The molecule has 0 unspecified atom stereocenters. The quantitative estimate of drug-likeness (QED) is 0.422. The van der Waals surface area contributed by atoms with E-state index in [2.05, 4.69) is 15.5 Å². The number of carbonyl (C=O) groups is 1. The topological polar surface area (TPSA) is 89.0 Å². The van der Waals surface area contributed by atoms with E-state index >= 15 is 0 Å². The fourth-order valence-electron chi connectivity index (χ4n) is 2.91. The minimum Gasteiger partial charge on any atom is -0.385 e. The minimum absolute atomic E-state index is 0.0193. The molecule has 0 bridgehead atoms. The van der Waals surface area contributed by atoms with Crippen molar-refractivity contribution in [3.63, 3.8) is 0 Å². The summed E-state index contributed by atoms with van der Waals surface area (Å²) in [4.78, 5) is 24.3. The third-order valence-corrected chi connectivity index (χ3v) is 5.40. The van der Waals surface area contributed by atoms with E-state index in [-0.39, 0.29) is 22.9 Å². The van der Waals surface area contributed by atoms with Gasteiger partial charge >= 0.3 is 5.69 Å². The van der Waals surface area contributed by atoms with Crippen molar-refractivity contribution in [1.29, 1.82) is 0 Å². The lowest BCUT2D eigenvalue weighted by Crippen LogP contribution is -2.39. The zero-order valence-corrected chi connectivity index (χ0v) is 15.4. The van der Waals surface area contributed by atoms with Gasteiger partial charge in [-0.05, 0) is 26.2 Å². The van der Waals surface area contributed by atoms with Crippen LogP contribution in [0.2, 0.25) is 0 Å². The second-order valence-corrected chi connectivity index (χ2v) is 7.57. The van der Waals surface area contributed by atoms with E-state index in [4.69, 9.17) is 4.74 Å². The molecule has 1 aromatic heterocycles. The summed E-state index contributed by atoms with van der Waals surface area (Å²) in [6.45, 7) is 2.97. The van der Waals surface area contributed by atoms with Crippen LogP contribution in [-0.2, 0) is 16.1 Å². The molecule has 1 atom stereocenters. The lowest BCUT2D eigenvalue weighted by Gasteiger charge is -2.19. The molecule has 1 aromatic rings. The molecule has 1 saturated carbocycles. The molecule has 0 spiro atoms. The first-order valence-corrected chi connectivity index (χ1v) is 9.61. The molecule has 136 valence electrons. The Labute approximate surface area is 146 Å². The number of nitrogens with zero attached hydrogens (tertiary/aromatic N) is 2. The molecule has 0 radical (unpaired) electrons. The monoisotopic (exact) mass is 356 g/mol. The number of carbonyl (C=O) groups excluding carboxylic acids is 1. The minimum atomic E-state index is -0.287. The number of nitrogens with one attached hydrogen (secondary N) is 2. The van der Waals surface area contributed by atoms with Crippen LogP contribution in [0.4, 0.5) is 0 Å². The number of H-pyrrole nitrogens is 1. The van der Waals surface area contributed by atoms with Crippen LogP contribution < -0.4 is 11.0 Å². The molecule has 1 heterocycles. The van der Waals surface area contributed by atoms with Crippen LogP contribution >= 0.6 is 11.8 Å². The number of amides is 1. The highest BCUT2D eigenvalue weighted by Crippen LogP contribution is 2.22. The summed E-state index contributed by atoms with van der Waals surface area (Å²) in [5.41, 5.74) is -0.245. The maximum Gasteiger partial charge on any atom is 0.343 e. The van der Waals surface area contributed by atoms with E-state index in [9.17, 15) is 9.59 Å². The van der Waals surface area contributed by atoms with Gasteiger partial charge in [-0.25, -0.2) is 9.89 Å². The van der Waals surface area contributed by atoms with Crippen LogP contribution in [0.1, 0.15) is 51.9 Å². The smallest absolute Gasteiger partial charge is 0.343 e. The SMILES string of the molecule is COCCCn1c(S[C@H](C)C(=O)NC2CCCCCC2)n[nH]c1=O. The van der Waals surface area contributed by atoms with Gasteiger partial charge in [0.2, 0.25) is 5.91 Å². The molecule has 2 rings (SSSR count). The Bertz CT molecular complexity index is 564. The molecule has 1 fully saturated rings. The summed E-state index contributed by atoms with van der Waals surface area (Å²) >= 11 is 1.32. The highest BCUT2D eigenvalue weighted by molar-refractivity contribution is 8.00. The second kappa shape index (κ2) is 9.88. The summed E-state index contributed by atoms with van der Waals surface area (Å²) in [5, 5.41) is 9.93. The largest absolute Gasteiger partial charge is 0.385 e. The van der Waals surface area contributed by atoms with Gasteiger partial charge in [0.1, 0.15) is 0 Å².